The number of rotatable bonds is 43. The number of allylic oxidation sites excluding steroid dienone is 2. The van der Waals surface area contributed by atoms with Gasteiger partial charge in [-0.3, -0.25) is 14.1 Å². The maximum atomic E-state index is 12.8. The highest BCUT2D eigenvalue weighted by molar-refractivity contribution is 7.85. The molecule has 1 aliphatic heterocycles. The number of aliphatic hydroxyl groups is 3. The number of aliphatic hydroxyl groups excluding tert-OH is 3. The van der Waals surface area contributed by atoms with Gasteiger partial charge in [-0.2, -0.15) is 8.42 Å². The van der Waals surface area contributed by atoms with Gasteiger partial charge in [0.2, 0.25) is 0 Å². The minimum atomic E-state index is -4.60. The third-order valence-electron chi connectivity index (χ3n) is 11.8. The van der Waals surface area contributed by atoms with Gasteiger partial charge in [0.15, 0.2) is 12.4 Å². The Morgan fingerprint density at radius 3 is 1.34 bits per heavy atom. The number of hydrogen-bond acceptors (Lipinski definition) is 11. The first kappa shape index (κ1) is 58.4. The lowest BCUT2D eigenvalue weighted by Gasteiger charge is -2.40. The van der Waals surface area contributed by atoms with E-state index in [1.807, 2.05) is 0 Å². The molecule has 0 aromatic heterocycles. The zero-order valence-corrected chi connectivity index (χ0v) is 40.1. The van der Waals surface area contributed by atoms with Crippen molar-refractivity contribution in [3.63, 3.8) is 0 Å². The predicted octanol–water partition coefficient (Wildman–Crippen LogP) is 11.0. The molecule has 2 unspecified atom stereocenters. The van der Waals surface area contributed by atoms with E-state index in [1.54, 1.807) is 0 Å². The van der Waals surface area contributed by atoms with E-state index in [-0.39, 0.29) is 19.4 Å². The van der Waals surface area contributed by atoms with Crippen LogP contribution >= 0.6 is 0 Å². The summed E-state index contributed by atoms with van der Waals surface area (Å²) in [6.45, 7) is 3.78. The Morgan fingerprint density at radius 2 is 0.919 bits per heavy atom. The molecule has 62 heavy (non-hydrogen) atoms. The summed E-state index contributed by atoms with van der Waals surface area (Å²) in [6.07, 6.45) is 34.0. The van der Waals surface area contributed by atoms with Gasteiger partial charge in [-0.05, 0) is 38.5 Å². The third-order valence-corrected chi connectivity index (χ3v) is 12.6. The van der Waals surface area contributed by atoms with Crippen LogP contribution in [0.5, 0.6) is 0 Å². The summed E-state index contributed by atoms with van der Waals surface area (Å²) >= 11 is 0. The molecule has 0 saturated carbocycles. The molecule has 0 amide bonds. The summed E-state index contributed by atoms with van der Waals surface area (Å²) in [5.74, 6) is -1.97. The Morgan fingerprint density at radius 1 is 0.532 bits per heavy atom. The van der Waals surface area contributed by atoms with Crippen LogP contribution in [0.15, 0.2) is 12.2 Å². The van der Waals surface area contributed by atoms with Crippen molar-refractivity contribution in [2.24, 2.45) is 0 Å². The van der Waals surface area contributed by atoms with E-state index in [1.165, 1.54) is 154 Å². The van der Waals surface area contributed by atoms with E-state index < -0.39 is 71.2 Å². The van der Waals surface area contributed by atoms with Gasteiger partial charge >= 0.3 is 11.9 Å². The summed E-state index contributed by atoms with van der Waals surface area (Å²) < 4.78 is 54.2. The average molecular weight is 905 g/mol. The Kier molecular flexibility index (Phi) is 37.4. The smallest absolute Gasteiger partial charge is 0.306 e. The van der Waals surface area contributed by atoms with Crippen molar-refractivity contribution in [1.29, 1.82) is 0 Å². The van der Waals surface area contributed by atoms with Crippen LogP contribution in [0, 0.1) is 0 Å². The predicted molar refractivity (Wildman–Crippen MR) is 247 cm³/mol. The van der Waals surface area contributed by atoms with Crippen molar-refractivity contribution < 1.29 is 56.8 Å². The van der Waals surface area contributed by atoms with Crippen LogP contribution in [0.4, 0.5) is 0 Å². The van der Waals surface area contributed by atoms with Gasteiger partial charge in [-0.25, -0.2) is 0 Å². The van der Waals surface area contributed by atoms with Gasteiger partial charge in [-0.1, -0.05) is 193 Å². The Labute approximate surface area is 377 Å². The van der Waals surface area contributed by atoms with E-state index in [4.69, 9.17) is 18.9 Å². The second kappa shape index (κ2) is 39.7. The quantitative estimate of drug-likeness (QED) is 0.0197. The fourth-order valence-corrected chi connectivity index (χ4v) is 8.60. The SMILES string of the molecule is CCCCCCCC/C=C/CCCCCCCCCCCCCC(=O)OC[C@H](CO[C@H]1O[C@H](CS(=O)(=O)O)[C@@H](O)C(O)C1O)OC(=O)CCCCCCCCCCCCCCC. The van der Waals surface area contributed by atoms with Gasteiger partial charge in [0.1, 0.15) is 36.8 Å². The zero-order chi connectivity index (χ0) is 45.5. The van der Waals surface area contributed by atoms with Crippen LogP contribution < -0.4 is 0 Å². The molecule has 1 rings (SSSR count). The molecule has 6 atom stereocenters. The molecule has 4 N–H and O–H groups in total. The number of carbonyl (C=O) groups excluding carboxylic acids is 2. The number of esters is 2. The van der Waals surface area contributed by atoms with Crippen molar-refractivity contribution in [1.82, 2.24) is 0 Å². The average Bonchev–Trinajstić information content (AvgIpc) is 3.24. The third kappa shape index (κ3) is 33.8. The topological polar surface area (TPSA) is 186 Å². The van der Waals surface area contributed by atoms with E-state index in [0.29, 0.717) is 12.8 Å². The maximum absolute atomic E-state index is 12.8. The largest absolute Gasteiger partial charge is 0.462 e. The summed E-state index contributed by atoms with van der Waals surface area (Å²) in [4.78, 5) is 25.5. The van der Waals surface area contributed by atoms with Crippen molar-refractivity contribution in [2.75, 3.05) is 19.0 Å². The normalized spacial score (nSPS) is 19.9. The molecule has 0 bridgehead atoms. The highest BCUT2D eigenvalue weighted by Gasteiger charge is 2.46. The molecule has 0 aromatic rings. The Balaban J connectivity index is 2.34. The van der Waals surface area contributed by atoms with Crippen LogP contribution in [0.1, 0.15) is 232 Å². The first-order valence-electron chi connectivity index (χ1n) is 25.2. The van der Waals surface area contributed by atoms with Gasteiger partial charge in [0.25, 0.3) is 10.1 Å². The van der Waals surface area contributed by atoms with E-state index in [9.17, 15) is 37.9 Å². The molecule has 366 valence electrons. The van der Waals surface area contributed by atoms with E-state index in [0.717, 1.165) is 38.5 Å². The fourth-order valence-electron chi connectivity index (χ4n) is 7.91. The molecule has 0 spiro atoms. The molecule has 0 aromatic carbocycles. The van der Waals surface area contributed by atoms with Crippen LogP contribution in [0.3, 0.4) is 0 Å². The summed E-state index contributed by atoms with van der Waals surface area (Å²) in [5.41, 5.74) is 0. The van der Waals surface area contributed by atoms with Gasteiger partial charge in [0.05, 0.1) is 6.61 Å². The van der Waals surface area contributed by atoms with Gasteiger partial charge < -0.3 is 34.3 Å². The second-order valence-electron chi connectivity index (χ2n) is 17.8. The zero-order valence-electron chi connectivity index (χ0n) is 39.2. The standard InChI is InChI=1S/C49H92O12S/c1-3-5-7-9-11-13-15-17-18-19-20-21-22-23-24-26-27-29-31-33-35-37-44(50)58-39-42(40-59-49-48(54)47(53)46(52)43(61-49)41-62(55,56)57)60-45(51)38-36-34-32-30-28-25-16-14-12-10-8-6-4-2/h17-18,42-43,46-49,52-54H,3-16,19-41H2,1-2H3,(H,55,56,57)/b18-17+/t42-,43-,46-,47?,48?,49+/m1/s1. The summed E-state index contributed by atoms with van der Waals surface area (Å²) in [7, 11) is -4.60. The monoisotopic (exact) mass is 905 g/mol. The number of carbonyl (C=O) groups is 2. The van der Waals surface area contributed by atoms with Gasteiger partial charge in [0, 0.05) is 12.8 Å². The molecular formula is C49H92O12S. The van der Waals surface area contributed by atoms with Crippen LogP contribution in [0.2, 0.25) is 0 Å². The molecule has 1 aliphatic rings. The molecule has 12 nitrogen and oxygen atoms in total. The number of ether oxygens (including phenoxy) is 4. The van der Waals surface area contributed by atoms with Gasteiger partial charge in [-0.15, -0.1) is 0 Å². The molecule has 1 fully saturated rings. The first-order valence-corrected chi connectivity index (χ1v) is 26.9. The number of unbranched alkanes of at least 4 members (excludes halogenated alkanes) is 29. The minimum Gasteiger partial charge on any atom is -0.462 e. The second-order valence-corrected chi connectivity index (χ2v) is 19.3. The lowest BCUT2D eigenvalue weighted by atomic mass is 10.00. The van der Waals surface area contributed by atoms with Crippen molar-refractivity contribution in [3.8, 4) is 0 Å². The molecular weight excluding hydrogens is 813 g/mol. The highest BCUT2D eigenvalue weighted by Crippen LogP contribution is 2.24. The Bertz CT molecular complexity index is 1200. The first-order chi connectivity index (χ1) is 30.0. The Hall–Kier alpha value is -1.61. The highest BCUT2D eigenvalue weighted by atomic mass is 32.2. The molecule has 1 saturated heterocycles. The number of hydrogen-bond donors (Lipinski definition) is 4. The van der Waals surface area contributed by atoms with E-state index in [2.05, 4.69) is 26.0 Å². The maximum Gasteiger partial charge on any atom is 0.306 e. The van der Waals surface area contributed by atoms with Crippen LogP contribution in [-0.4, -0.2) is 96.0 Å². The molecule has 0 radical (unpaired) electrons. The lowest BCUT2D eigenvalue weighted by Crippen LogP contribution is -2.60. The van der Waals surface area contributed by atoms with Crippen molar-refractivity contribution >= 4 is 22.1 Å². The molecule has 1 heterocycles. The molecule has 13 heteroatoms. The van der Waals surface area contributed by atoms with Crippen molar-refractivity contribution in [2.45, 2.75) is 269 Å². The lowest BCUT2D eigenvalue weighted by molar-refractivity contribution is -0.297. The fraction of sp³-hybridized carbons (Fsp3) is 0.918. The molecule has 0 aliphatic carbocycles. The summed E-state index contributed by atoms with van der Waals surface area (Å²) in [5, 5.41) is 30.9. The van der Waals surface area contributed by atoms with E-state index >= 15 is 0 Å². The van der Waals surface area contributed by atoms with Crippen LogP contribution in [-0.2, 0) is 38.7 Å². The van der Waals surface area contributed by atoms with Crippen molar-refractivity contribution in [3.05, 3.63) is 12.2 Å². The summed E-state index contributed by atoms with van der Waals surface area (Å²) in [6, 6.07) is 0. The minimum absolute atomic E-state index is 0.170. The van der Waals surface area contributed by atoms with Crippen LogP contribution in [0.25, 0.3) is 0 Å².